The molecule has 0 radical (unpaired) electrons. The molecule has 0 saturated carbocycles. The summed E-state index contributed by atoms with van der Waals surface area (Å²) in [5, 5.41) is 6.77. The van der Waals surface area contributed by atoms with E-state index in [2.05, 4.69) is 30.6 Å². The van der Waals surface area contributed by atoms with Crippen molar-refractivity contribution in [1.29, 1.82) is 0 Å². The van der Waals surface area contributed by atoms with Gasteiger partial charge < -0.3 is 10.6 Å². The average molecular weight is 327 g/mol. The molecule has 1 heterocycles. The Hall–Kier alpha value is -0.970. The third kappa shape index (κ3) is 5.73. The van der Waals surface area contributed by atoms with E-state index < -0.39 is 0 Å². The van der Waals surface area contributed by atoms with E-state index in [9.17, 15) is 4.79 Å². The summed E-state index contributed by atoms with van der Waals surface area (Å²) in [6, 6.07) is 7.82. The quantitative estimate of drug-likeness (QED) is 0.644. The zero-order chi connectivity index (χ0) is 14.4. The highest BCUT2D eigenvalue weighted by molar-refractivity contribution is 8.00. The van der Waals surface area contributed by atoms with Gasteiger partial charge in [0.25, 0.3) is 5.91 Å². The molecule has 0 bridgehead atoms. The predicted molar refractivity (Wildman–Crippen MR) is 92.6 cm³/mol. The summed E-state index contributed by atoms with van der Waals surface area (Å²) in [7, 11) is 0. The molecule has 5 heteroatoms. The molecule has 2 N–H and O–H groups in total. The Morgan fingerprint density at radius 3 is 2.81 bits per heavy atom. The molecule has 0 atom stereocenters. The Kier molecular flexibility index (Phi) is 7.86. The van der Waals surface area contributed by atoms with Crippen LogP contribution in [-0.4, -0.2) is 30.8 Å². The molecule has 21 heavy (non-hydrogen) atoms. The van der Waals surface area contributed by atoms with E-state index in [0.29, 0.717) is 11.8 Å². The van der Waals surface area contributed by atoms with E-state index in [1.165, 1.54) is 5.57 Å². The fourth-order valence-electron chi connectivity index (χ4n) is 2.13. The smallest absolute Gasteiger partial charge is 0.252 e. The number of carbonyl (C=O) groups excluding carboxylic acids is 1. The molecule has 1 aliphatic rings. The molecule has 1 aliphatic heterocycles. The van der Waals surface area contributed by atoms with Gasteiger partial charge in [-0.25, -0.2) is 0 Å². The highest BCUT2D eigenvalue weighted by Crippen LogP contribution is 2.26. The Bertz CT molecular complexity index is 503. The molecule has 2 rings (SSSR count). The molecule has 1 aromatic rings. The van der Waals surface area contributed by atoms with Crippen molar-refractivity contribution >= 4 is 30.1 Å². The molecular weight excluding hydrogens is 304 g/mol. The van der Waals surface area contributed by atoms with Crippen LogP contribution in [0.15, 0.2) is 40.8 Å². The third-order valence-electron chi connectivity index (χ3n) is 3.13. The van der Waals surface area contributed by atoms with Crippen LogP contribution in [0.3, 0.4) is 0 Å². The Morgan fingerprint density at radius 1 is 1.38 bits per heavy atom. The minimum atomic E-state index is 0. The lowest BCUT2D eigenvalue weighted by Crippen LogP contribution is -2.29. The van der Waals surface area contributed by atoms with Crippen LogP contribution >= 0.6 is 24.2 Å². The maximum absolute atomic E-state index is 12.3. The zero-order valence-electron chi connectivity index (χ0n) is 12.5. The first kappa shape index (κ1) is 18.1. The van der Waals surface area contributed by atoms with E-state index in [1.807, 2.05) is 24.3 Å². The number of rotatable bonds is 5. The first-order chi connectivity index (χ1) is 9.66. The van der Waals surface area contributed by atoms with Crippen molar-refractivity contribution in [2.75, 3.05) is 19.6 Å². The number of carbonyl (C=O) groups is 1. The van der Waals surface area contributed by atoms with Gasteiger partial charge in [0.05, 0.1) is 5.56 Å². The second kappa shape index (κ2) is 9.13. The van der Waals surface area contributed by atoms with Gasteiger partial charge in [0, 0.05) is 23.2 Å². The van der Waals surface area contributed by atoms with Crippen molar-refractivity contribution in [2.45, 2.75) is 30.4 Å². The van der Waals surface area contributed by atoms with Gasteiger partial charge in [-0.2, -0.15) is 0 Å². The van der Waals surface area contributed by atoms with Gasteiger partial charge in [0.2, 0.25) is 0 Å². The summed E-state index contributed by atoms with van der Waals surface area (Å²) in [6.45, 7) is 6.84. The number of amides is 1. The fraction of sp³-hybridized carbons (Fsp3) is 0.438. The summed E-state index contributed by atoms with van der Waals surface area (Å²) in [5.74, 6) is 0.0215. The van der Waals surface area contributed by atoms with Crippen molar-refractivity contribution in [3.8, 4) is 0 Å². The normalized spacial score (nSPS) is 14.3. The molecule has 1 aromatic carbocycles. The summed E-state index contributed by atoms with van der Waals surface area (Å²) >= 11 is 1.73. The van der Waals surface area contributed by atoms with Gasteiger partial charge in [0.15, 0.2) is 0 Å². The Morgan fingerprint density at radius 2 is 2.14 bits per heavy atom. The van der Waals surface area contributed by atoms with Crippen molar-refractivity contribution < 1.29 is 4.79 Å². The summed E-state index contributed by atoms with van der Waals surface area (Å²) in [6.07, 6.45) is 3.18. The summed E-state index contributed by atoms with van der Waals surface area (Å²) < 4.78 is 0. The van der Waals surface area contributed by atoms with E-state index in [0.717, 1.165) is 30.0 Å². The zero-order valence-corrected chi connectivity index (χ0v) is 14.2. The third-order valence-corrected chi connectivity index (χ3v) is 4.21. The standard InChI is InChI=1S/C16H22N2OS.ClH/c1-12(2)20-15-6-4-3-5-14(15)16(19)18-11-13-7-9-17-10-8-13;/h3-7,12,17H,8-11H2,1-2H3,(H,18,19);1H. The second-order valence-corrected chi connectivity index (χ2v) is 6.78. The number of halogens is 1. The topological polar surface area (TPSA) is 41.1 Å². The monoisotopic (exact) mass is 326 g/mol. The lowest BCUT2D eigenvalue weighted by atomic mass is 10.1. The van der Waals surface area contributed by atoms with Gasteiger partial charge in [-0.15, -0.1) is 24.2 Å². The van der Waals surface area contributed by atoms with Gasteiger partial charge in [0.1, 0.15) is 0 Å². The van der Waals surface area contributed by atoms with Crippen molar-refractivity contribution in [3.05, 3.63) is 41.5 Å². The molecule has 3 nitrogen and oxygen atoms in total. The highest BCUT2D eigenvalue weighted by atomic mass is 35.5. The number of nitrogens with one attached hydrogen (secondary N) is 2. The molecule has 0 saturated heterocycles. The fourth-order valence-corrected chi connectivity index (χ4v) is 3.08. The van der Waals surface area contributed by atoms with Crippen LogP contribution < -0.4 is 10.6 Å². The molecule has 1 amide bonds. The van der Waals surface area contributed by atoms with E-state index >= 15 is 0 Å². The summed E-state index contributed by atoms with van der Waals surface area (Å²) in [5.41, 5.74) is 2.09. The SMILES string of the molecule is CC(C)Sc1ccccc1C(=O)NCC1=CCNCC1.Cl. The highest BCUT2D eigenvalue weighted by Gasteiger charge is 2.13. The molecule has 0 aliphatic carbocycles. The Balaban J connectivity index is 0.00000220. The van der Waals surface area contributed by atoms with E-state index in [-0.39, 0.29) is 18.3 Å². The van der Waals surface area contributed by atoms with Crippen molar-refractivity contribution in [2.24, 2.45) is 0 Å². The number of hydrogen-bond acceptors (Lipinski definition) is 3. The van der Waals surface area contributed by atoms with Crippen LogP contribution in [0.5, 0.6) is 0 Å². The van der Waals surface area contributed by atoms with Crippen LogP contribution in [0.1, 0.15) is 30.6 Å². The molecule has 0 fully saturated rings. The Labute approximate surface area is 137 Å². The molecular formula is C16H23ClN2OS. The van der Waals surface area contributed by atoms with Crippen molar-refractivity contribution in [1.82, 2.24) is 10.6 Å². The first-order valence-electron chi connectivity index (χ1n) is 7.09. The van der Waals surface area contributed by atoms with E-state index in [1.54, 1.807) is 11.8 Å². The minimum Gasteiger partial charge on any atom is -0.348 e. The van der Waals surface area contributed by atoms with Crippen LogP contribution in [0, 0.1) is 0 Å². The molecule has 0 aromatic heterocycles. The van der Waals surface area contributed by atoms with Gasteiger partial charge in [-0.05, 0) is 25.1 Å². The number of thioether (sulfide) groups is 1. The van der Waals surface area contributed by atoms with Crippen LogP contribution in [0.4, 0.5) is 0 Å². The van der Waals surface area contributed by atoms with Crippen molar-refractivity contribution in [3.63, 3.8) is 0 Å². The first-order valence-corrected chi connectivity index (χ1v) is 7.97. The average Bonchev–Trinajstić information content (AvgIpc) is 2.46. The molecule has 0 spiro atoms. The van der Waals surface area contributed by atoms with Gasteiger partial charge in [-0.3, -0.25) is 4.79 Å². The van der Waals surface area contributed by atoms with Crippen LogP contribution in [-0.2, 0) is 0 Å². The summed E-state index contributed by atoms with van der Waals surface area (Å²) in [4.78, 5) is 13.4. The lowest BCUT2D eigenvalue weighted by Gasteiger charge is -2.15. The van der Waals surface area contributed by atoms with Gasteiger partial charge in [-0.1, -0.05) is 37.6 Å². The van der Waals surface area contributed by atoms with E-state index in [4.69, 9.17) is 0 Å². The predicted octanol–water partition coefficient (Wildman–Crippen LogP) is 3.26. The van der Waals surface area contributed by atoms with Crippen LogP contribution in [0.2, 0.25) is 0 Å². The largest absolute Gasteiger partial charge is 0.348 e. The maximum atomic E-state index is 12.3. The van der Waals surface area contributed by atoms with Crippen LogP contribution in [0.25, 0.3) is 0 Å². The molecule has 116 valence electrons. The lowest BCUT2D eigenvalue weighted by molar-refractivity contribution is 0.0953. The van der Waals surface area contributed by atoms with Gasteiger partial charge >= 0.3 is 0 Å². The number of benzene rings is 1. The number of hydrogen-bond donors (Lipinski definition) is 2. The maximum Gasteiger partial charge on any atom is 0.252 e. The minimum absolute atomic E-state index is 0. The second-order valence-electron chi connectivity index (χ2n) is 5.16. The molecule has 0 unspecified atom stereocenters.